The molecule has 11 heavy (non-hydrogen) atoms. The maximum absolute atomic E-state index is 10.7. The first-order chi connectivity index (χ1) is 5.24. The third-order valence-corrected chi connectivity index (χ3v) is 2.78. The Hall–Kier alpha value is -0.290. The van der Waals surface area contributed by atoms with E-state index in [4.69, 9.17) is 0 Å². The van der Waals surface area contributed by atoms with E-state index in [1.54, 1.807) is 11.8 Å². The Labute approximate surface area is 76.8 Å². The van der Waals surface area contributed by atoms with Crippen molar-refractivity contribution in [3.05, 3.63) is 21.2 Å². The van der Waals surface area contributed by atoms with Crippen molar-refractivity contribution in [2.24, 2.45) is 0 Å². The van der Waals surface area contributed by atoms with E-state index >= 15 is 0 Å². The van der Waals surface area contributed by atoms with Crippen LogP contribution in [0.4, 0.5) is 0 Å². The summed E-state index contributed by atoms with van der Waals surface area (Å²) in [6.45, 7) is 2.02. The maximum atomic E-state index is 10.7. The lowest BCUT2D eigenvalue weighted by atomic mass is 10.7. The summed E-state index contributed by atoms with van der Waals surface area (Å²) in [6.07, 6.45) is 1.51. The fourth-order valence-electron chi connectivity index (χ4n) is 0.612. The SMILES string of the molecule is CCSc1[nH]c(=O)ncc1Br. The second-order valence-electron chi connectivity index (χ2n) is 1.80. The Balaban J connectivity index is 3.02. The molecular weight excluding hydrogens is 228 g/mol. The molecule has 0 aliphatic rings. The van der Waals surface area contributed by atoms with Crippen molar-refractivity contribution in [3.8, 4) is 0 Å². The molecule has 1 aromatic heterocycles. The van der Waals surface area contributed by atoms with Crippen LogP contribution in [0, 0.1) is 0 Å². The molecule has 1 heterocycles. The minimum Gasteiger partial charge on any atom is -0.299 e. The van der Waals surface area contributed by atoms with Gasteiger partial charge in [0.05, 0.1) is 9.50 Å². The average molecular weight is 235 g/mol. The van der Waals surface area contributed by atoms with Crippen LogP contribution in [0.15, 0.2) is 20.5 Å². The topological polar surface area (TPSA) is 45.8 Å². The van der Waals surface area contributed by atoms with Gasteiger partial charge in [-0.1, -0.05) is 6.92 Å². The number of halogens is 1. The molecule has 0 bridgehead atoms. The van der Waals surface area contributed by atoms with Crippen molar-refractivity contribution in [1.82, 2.24) is 9.97 Å². The second kappa shape index (κ2) is 3.92. The molecule has 0 fully saturated rings. The van der Waals surface area contributed by atoms with Gasteiger partial charge in [0.2, 0.25) is 0 Å². The van der Waals surface area contributed by atoms with E-state index in [0.29, 0.717) is 0 Å². The predicted octanol–water partition coefficient (Wildman–Crippen LogP) is 1.64. The highest BCUT2D eigenvalue weighted by Gasteiger charge is 1.99. The summed E-state index contributed by atoms with van der Waals surface area (Å²) in [6, 6.07) is 0. The third-order valence-electron chi connectivity index (χ3n) is 1.02. The van der Waals surface area contributed by atoms with E-state index < -0.39 is 0 Å². The minimum absolute atomic E-state index is 0.302. The number of nitrogens with zero attached hydrogens (tertiary/aromatic N) is 1. The molecule has 0 saturated carbocycles. The Morgan fingerprint density at radius 3 is 3.18 bits per heavy atom. The zero-order valence-corrected chi connectivity index (χ0v) is 8.33. The summed E-state index contributed by atoms with van der Waals surface area (Å²) in [5.41, 5.74) is -0.302. The Bertz CT molecular complexity index is 299. The van der Waals surface area contributed by atoms with Crippen LogP contribution in [0.5, 0.6) is 0 Å². The van der Waals surface area contributed by atoms with Crippen LogP contribution in [-0.2, 0) is 0 Å². The molecular formula is C6H7BrN2OS. The van der Waals surface area contributed by atoms with Crippen LogP contribution >= 0.6 is 27.7 Å². The summed E-state index contributed by atoms with van der Waals surface area (Å²) in [5.74, 6) is 0.929. The minimum atomic E-state index is -0.302. The zero-order chi connectivity index (χ0) is 8.27. The van der Waals surface area contributed by atoms with Gasteiger partial charge in [-0.2, -0.15) is 0 Å². The highest BCUT2D eigenvalue weighted by Crippen LogP contribution is 2.21. The van der Waals surface area contributed by atoms with Gasteiger partial charge in [0.1, 0.15) is 0 Å². The fourth-order valence-corrected chi connectivity index (χ4v) is 1.80. The van der Waals surface area contributed by atoms with Crippen LogP contribution in [0.3, 0.4) is 0 Å². The van der Waals surface area contributed by atoms with Gasteiger partial charge in [0, 0.05) is 6.20 Å². The summed E-state index contributed by atoms with van der Waals surface area (Å²) in [4.78, 5) is 16.9. The van der Waals surface area contributed by atoms with Crippen molar-refractivity contribution in [1.29, 1.82) is 0 Å². The predicted molar refractivity (Wildman–Crippen MR) is 49.0 cm³/mol. The molecule has 0 aliphatic heterocycles. The quantitative estimate of drug-likeness (QED) is 0.626. The normalized spacial score (nSPS) is 10.0. The Kier molecular flexibility index (Phi) is 3.14. The molecule has 1 rings (SSSR count). The number of thioether (sulfide) groups is 1. The number of hydrogen-bond donors (Lipinski definition) is 1. The second-order valence-corrected chi connectivity index (χ2v) is 3.93. The van der Waals surface area contributed by atoms with Crippen molar-refractivity contribution < 1.29 is 0 Å². The molecule has 0 atom stereocenters. The molecule has 0 amide bonds. The number of aromatic nitrogens is 2. The first-order valence-electron chi connectivity index (χ1n) is 3.11. The molecule has 0 unspecified atom stereocenters. The highest BCUT2D eigenvalue weighted by atomic mass is 79.9. The van der Waals surface area contributed by atoms with E-state index in [0.717, 1.165) is 15.3 Å². The van der Waals surface area contributed by atoms with E-state index in [9.17, 15) is 4.79 Å². The van der Waals surface area contributed by atoms with E-state index in [-0.39, 0.29) is 5.69 Å². The smallest absolute Gasteiger partial charge is 0.299 e. The number of nitrogens with one attached hydrogen (secondary N) is 1. The summed E-state index contributed by atoms with van der Waals surface area (Å²) < 4.78 is 0.837. The van der Waals surface area contributed by atoms with Gasteiger partial charge in [-0.25, -0.2) is 9.78 Å². The summed E-state index contributed by atoms with van der Waals surface area (Å²) >= 11 is 4.85. The first-order valence-corrected chi connectivity index (χ1v) is 4.89. The van der Waals surface area contributed by atoms with Crippen molar-refractivity contribution in [3.63, 3.8) is 0 Å². The maximum Gasteiger partial charge on any atom is 0.345 e. The Morgan fingerprint density at radius 1 is 1.82 bits per heavy atom. The van der Waals surface area contributed by atoms with Crippen molar-refractivity contribution in [2.75, 3.05) is 5.75 Å². The van der Waals surface area contributed by atoms with Gasteiger partial charge in [0.25, 0.3) is 0 Å². The van der Waals surface area contributed by atoms with E-state index in [1.807, 2.05) is 6.92 Å². The molecule has 0 aromatic carbocycles. The van der Waals surface area contributed by atoms with Crippen LogP contribution in [-0.4, -0.2) is 15.7 Å². The van der Waals surface area contributed by atoms with Crippen LogP contribution < -0.4 is 5.69 Å². The molecule has 0 radical (unpaired) electrons. The lowest BCUT2D eigenvalue weighted by Gasteiger charge is -1.98. The molecule has 5 heteroatoms. The largest absolute Gasteiger partial charge is 0.345 e. The molecule has 0 spiro atoms. The van der Waals surface area contributed by atoms with Gasteiger partial charge >= 0.3 is 5.69 Å². The third kappa shape index (κ3) is 2.34. The lowest BCUT2D eigenvalue weighted by Crippen LogP contribution is -2.09. The van der Waals surface area contributed by atoms with Gasteiger partial charge in [-0.3, -0.25) is 4.98 Å². The number of hydrogen-bond acceptors (Lipinski definition) is 3. The number of H-pyrrole nitrogens is 1. The van der Waals surface area contributed by atoms with Crippen molar-refractivity contribution in [2.45, 2.75) is 11.9 Å². The van der Waals surface area contributed by atoms with Gasteiger partial charge in [-0.15, -0.1) is 11.8 Å². The van der Waals surface area contributed by atoms with E-state index in [1.165, 1.54) is 6.20 Å². The number of rotatable bonds is 2. The van der Waals surface area contributed by atoms with E-state index in [2.05, 4.69) is 25.9 Å². The summed E-state index contributed by atoms with van der Waals surface area (Å²) in [7, 11) is 0. The van der Waals surface area contributed by atoms with Gasteiger partial charge < -0.3 is 0 Å². The fraction of sp³-hybridized carbons (Fsp3) is 0.333. The number of aromatic amines is 1. The standard InChI is InChI=1S/C6H7BrN2OS/c1-2-11-5-4(7)3-8-6(10)9-5/h3H,2H2,1H3,(H,8,9,10). The van der Waals surface area contributed by atoms with Crippen LogP contribution in [0.1, 0.15) is 6.92 Å². The lowest BCUT2D eigenvalue weighted by molar-refractivity contribution is 0.962. The van der Waals surface area contributed by atoms with Crippen molar-refractivity contribution >= 4 is 27.7 Å². The first kappa shape index (κ1) is 8.80. The van der Waals surface area contributed by atoms with Crippen LogP contribution in [0.2, 0.25) is 0 Å². The molecule has 3 nitrogen and oxygen atoms in total. The monoisotopic (exact) mass is 234 g/mol. The molecule has 1 N–H and O–H groups in total. The highest BCUT2D eigenvalue weighted by molar-refractivity contribution is 9.10. The summed E-state index contributed by atoms with van der Waals surface area (Å²) in [5, 5.41) is 0.840. The van der Waals surface area contributed by atoms with Gasteiger partial charge in [-0.05, 0) is 21.7 Å². The van der Waals surface area contributed by atoms with Gasteiger partial charge in [0.15, 0.2) is 0 Å². The Morgan fingerprint density at radius 2 is 2.55 bits per heavy atom. The average Bonchev–Trinajstić information content (AvgIpc) is 1.98. The van der Waals surface area contributed by atoms with Crippen LogP contribution in [0.25, 0.3) is 0 Å². The molecule has 1 aromatic rings. The molecule has 0 aliphatic carbocycles. The zero-order valence-electron chi connectivity index (χ0n) is 5.93. The molecule has 0 saturated heterocycles. The molecule has 60 valence electrons.